The van der Waals surface area contributed by atoms with Crippen molar-refractivity contribution in [3.8, 4) is 0 Å². The number of halogens is 1. The first kappa shape index (κ1) is 13.8. The van der Waals surface area contributed by atoms with E-state index in [-0.39, 0.29) is 0 Å². The van der Waals surface area contributed by atoms with Crippen LogP contribution in [0.25, 0.3) is 0 Å². The van der Waals surface area contributed by atoms with Crippen molar-refractivity contribution in [3.05, 3.63) is 41.0 Å². The monoisotopic (exact) mass is 320 g/mol. The Bertz CT molecular complexity index is 540. The molecule has 1 heterocycles. The summed E-state index contributed by atoms with van der Waals surface area (Å²) in [5, 5.41) is 3.21. The van der Waals surface area contributed by atoms with Crippen LogP contribution in [0.1, 0.15) is 13.8 Å². The number of nitrogens with zero attached hydrogens (tertiary/aromatic N) is 3. The molecule has 0 bridgehead atoms. The average molecular weight is 321 g/mol. The molecule has 0 radical (unpaired) electrons. The third-order valence-electron chi connectivity index (χ3n) is 2.81. The smallest absolute Gasteiger partial charge is 0.229 e. The molecule has 1 aromatic heterocycles. The van der Waals surface area contributed by atoms with E-state index in [0.29, 0.717) is 5.95 Å². The van der Waals surface area contributed by atoms with Crippen molar-refractivity contribution in [1.82, 2.24) is 9.97 Å². The Morgan fingerprint density at radius 2 is 2.00 bits per heavy atom. The molecule has 0 aliphatic rings. The molecular weight excluding hydrogens is 304 g/mol. The Morgan fingerprint density at radius 3 is 2.68 bits per heavy atom. The lowest BCUT2D eigenvalue weighted by atomic mass is 10.3. The highest BCUT2D eigenvalue weighted by atomic mass is 79.9. The van der Waals surface area contributed by atoms with Gasteiger partial charge in [-0.2, -0.15) is 4.98 Å². The van der Waals surface area contributed by atoms with E-state index in [9.17, 15) is 0 Å². The molecule has 2 aromatic rings. The molecule has 1 aromatic carbocycles. The molecule has 0 saturated carbocycles. The van der Waals surface area contributed by atoms with Gasteiger partial charge in [-0.05, 0) is 38.1 Å². The van der Waals surface area contributed by atoms with Gasteiger partial charge in [-0.15, -0.1) is 0 Å². The maximum atomic E-state index is 4.53. The molecule has 0 spiro atoms. The van der Waals surface area contributed by atoms with E-state index in [1.807, 2.05) is 30.3 Å². The van der Waals surface area contributed by atoms with Crippen molar-refractivity contribution < 1.29 is 0 Å². The summed E-state index contributed by atoms with van der Waals surface area (Å²) >= 11 is 3.45. The first-order valence-electron chi connectivity index (χ1n) is 6.33. The highest BCUT2D eigenvalue weighted by Gasteiger charge is 2.05. The van der Waals surface area contributed by atoms with E-state index in [1.54, 1.807) is 6.20 Å². The van der Waals surface area contributed by atoms with Gasteiger partial charge in [0.1, 0.15) is 5.82 Å². The van der Waals surface area contributed by atoms with Gasteiger partial charge in [0.05, 0.1) is 0 Å². The Labute approximate surface area is 122 Å². The van der Waals surface area contributed by atoms with Gasteiger partial charge in [-0.25, -0.2) is 4.98 Å². The molecule has 0 aliphatic carbocycles. The number of nitrogens with one attached hydrogen (secondary N) is 1. The van der Waals surface area contributed by atoms with Gasteiger partial charge in [0.2, 0.25) is 5.95 Å². The molecule has 1 N–H and O–H groups in total. The van der Waals surface area contributed by atoms with E-state index in [1.165, 1.54) is 0 Å². The van der Waals surface area contributed by atoms with Gasteiger partial charge in [0, 0.05) is 29.4 Å². The lowest BCUT2D eigenvalue weighted by Crippen LogP contribution is -2.23. The van der Waals surface area contributed by atoms with Crippen LogP contribution in [0.15, 0.2) is 41.0 Å². The number of rotatable bonds is 5. The molecule has 4 nitrogen and oxygen atoms in total. The number of aromatic nitrogens is 2. The zero-order chi connectivity index (χ0) is 13.7. The molecule has 2 rings (SSSR count). The largest absolute Gasteiger partial charge is 0.357 e. The number of benzene rings is 1. The molecule has 0 aliphatic heterocycles. The second-order valence-corrected chi connectivity index (χ2v) is 4.96. The topological polar surface area (TPSA) is 41.1 Å². The highest BCUT2D eigenvalue weighted by molar-refractivity contribution is 9.10. The molecule has 0 amide bonds. The predicted octanol–water partition coefficient (Wildman–Crippen LogP) is 3.83. The van der Waals surface area contributed by atoms with Crippen LogP contribution in [0.5, 0.6) is 0 Å². The van der Waals surface area contributed by atoms with Crippen LogP contribution in [0.4, 0.5) is 17.5 Å². The first-order valence-corrected chi connectivity index (χ1v) is 7.12. The maximum absolute atomic E-state index is 4.53. The third-order valence-corrected chi connectivity index (χ3v) is 3.30. The average Bonchev–Trinajstić information content (AvgIpc) is 2.41. The summed E-state index contributed by atoms with van der Waals surface area (Å²) in [4.78, 5) is 11.0. The van der Waals surface area contributed by atoms with E-state index in [2.05, 4.69) is 50.0 Å². The zero-order valence-corrected chi connectivity index (χ0v) is 12.7. The van der Waals surface area contributed by atoms with Crippen LogP contribution in [0.2, 0.25) is 0 Å². The van der Waals surface area contributed by atoms with Crippen molar-refractivity contribution in [3.63, 3.8) is 0 Å². The van der Waals surface area contributed by atoms with Gasteiger partial charge >= 0.3 is 0 Å². The minimum atomic E-state index is 0.613. The van der Waals surface area contributed by atoms with Crippen molar-refractivity contribution in [2.24, 2.45) is 0 Å². The second kappa shape index (κ2) is 6.52. The summed E-state index contributed by atoms with van der Waals surface area (Å²) in [6.07, 6.45) is 1.78. The summed E-state index contributed by atoms with van der Waals surface area (Å²) in [6.45, 7) is 6.10. The van der Waals surface area contributed by atoms with Crippen LogP contribution in [-0.4, -0.2) is 23.1 Å². The SMILES string of the molecule is CCN(CC)c1ccnc(Nc2cccc(Br)c2)n1. The fourth-order valence-corrected chi connectivity index (χ4v) is 2.23. The maximum Gasteiger partial charge on any atom is 0.229 e. The van der Waals surface area contributed by atoms with E-state index >= 15 is 0 Å². The molecule has 0 fully saturated rings. The fraction of sp³-hybridized carbons (Fsp3) is 0.286. The molecular formula is C14H17BrN4. The predicted molar refractivity (Wildman–Crippen MR) is 83.0 cm³/mol. The van der Waals surface area contributed by atoms with Gasteiger partial charge in [-0.3, -0.25) is 0 Å². The standard InChI is InChI=1S/C14H17BrN4/c1-3-19(4-2)13-8-9-16-14(18-13)17-12-7-5-6-11(15)10-12/h5-10H,3-4H2,1-2H3,(H,16,17,18). The molecule has 0 atom stereocenters. The van der Waals surface area contributed by atoms with E-state index in [0.717, 1.165) is 29.1 Å². The lowest BCUT2D eigenvalue weighted by molar-refractivity contribution is 0.843. The van der Waals surface area contributed by atoms with E-state index < -0.39 is 0 Å². The highest BCUT2D eigenvalue weighted by Crippen LogP contribution is 2.19. The lowest BCUT2D eigenvalue weighted by Gasteiger charge is -2.19. The minimum absolute atomic E-state index is 0.613. The summed E-state index contributed by atoms with van der Waals surface area (Å²) in [5.41, 5.74) is 0.964. The summed E-state index contributed by atoms with van der Waals surface area (Å²) in [7, 11) is 0. The number of hydrogen-bond donors (Lipinski definition) is 1. The first-order chi connectivity index (χ1) is 9.22. The van der Waals surface area contributed by atoms with Crippen molar-refractivity contribution in [2.75, 3.05) is 23.3 Å². The van der Waals surface area contributed by atoms with Gasteiger partial charge in [0.25, 0.3) is 0 Å². The number of anilines is 3. The Hall–Kier alpha value is -1.62. The normalized spacial score (nSPS) is 10.3. The summed E-state index contributed by atoms with van der Waals surface area (Å²) in [5.74, 6) is 1.56. The van der Waals surface area contributed by atoms with Crippen molar-refractivity contribution >= 4 is 33.4 Å². The molecule has 100 valence electrons. The zero-order valence-electron chi connectivity index (χ0n) is 11.1. The van der Waals surface area contributed by atoms with Crippen LogP contribution < -0.4 is 10.2 Å². The van der Waals surface area contributed by atoms with Crippen LogP contribution in [0, 0.1) is 0 Å². The van der Waals surface area contributed by atoms with Gasteiger partial charge in [-0.1, -0.05) is 22.0 Å². The van der Waals surface area contributed by atoms with Crippen LogP contribution in [0.3, 0.4) is 0 Å². The Balaban J connectivity index is 2.19. The number of hydrogen-bond acceptors (Lipinski definition) is 4. The van der Waals surface area contributed by atoms with Crippen LogP contribution >= 0.6 is 15.9 Å². The van der Waals surface area contributed by atoms with Crippen molar-refractivity contribution in [2.45, 2.75) is 13.8 Å². The molecule has 5 heteroatoms. The van der Waals surface area contributed by atoms with Gasteiger partial charge in [0.15, 0.2) is 0 Å². The van der Waals surface area contributed by atoms with Gasteiger partial charge < -0.3 is 10.2 Å². The minimum Gasteiger partial charge on any atom is -0.357 e. The quantitative estimate of drug-likeness (QED) is 0.909. The third kappa shape index (κ3) is 3.67. The fourth-order valence-electron chi connectivity index (χ4n) is 1.83. The molecule has 0 saturated heterocycles. The van der Waals surface area contributed by atoms with Crippen LogP contribution in [-0.2, 0) is 0 Å². The Kier molecular flexibility index (Phi) is 4.74. The molecule has 19 heavy (non-hydrogen) atoms. The second-order valence-electron chi connectivity index (χ2n) is 4.05. The Morgan fingerprint density at radius 1 is 1.21 bits per heavy atom. The summed E-state index contributed by atoms with van der Waals surface area (Å²) in [6, 6.07) is 9.86. The van der Waals surface area contributed by atoms with E-state index in [4.69, 9.17) is 0 Å². The molecule has 0 unspecified atom stereocenters. The summed E-state index contributed by atoms with van der Waals surface area (Å²) < 4.78 is 1.03. The van der Waals surface area contributed by atoms with Crippen molar-refractivity contribution in [1.29, 1.82) is 0 Å².